The lowest BCUT2D eigenvalue weighted by molar-refractivity contribution is 0.413. The second kappa shape index (κ2) is 5.47. The zero-order chi connectivity index (χ0) is 12.3. The molecule has 2 aromatic rings. The summed E-state index contributed by atoms with van der Waals surface area (Å²) >= 11 is 3.54. The Morgan fingerprint density at radius 2 is 2.06 bits per heavy atom. The van der Waals surface area contributed by atoms with Crippen LogP contribution in [-0.4, -0.2) is 21.2 Å². The largest absolute Gasteiger partial charge is 0.497 e. The lowest BCUT2D eigenvalue weighted by Gasteiger charge is -2.12. The lowest BCUT2D eigenvalue weighted by atomic mass is 10.3. The quantitative estimate of drug-likeness (QED) is 0.830. The number of nitrogens with zero attached hydrogens (tertiary/aromatic N) is 1. The van der Waals surface area contributed by atoms with E-state index < -0.39 is 0 Å². The van der Waals surface area contributed by atoms with E-state index in [1.54, 1.807) is 30.2 Å². The average Bonchev–Trinajstić information content (AvgIpc) is 2.77. The van der Waals surface area contributed by atoms with Crippen molar-refractivity contribution in [2.45, 2.75) is 9.10 Å². The molecule has 0 N–H and O–H groups in total. The van der Waals surface area contributed by atoms with Gasteiger partial charge in [-0.05, 0) is 29.6 Å². The molecule has 0 spiro atoms. The van der Waals surface area contributed by atoms with E-state index >= 15 is 0 Å². The van der Waals surface area contributed by atoms with Gasteiger partial charge in [-0.15, -0.1) is 11.3 Å². The first-order valence-corrected chi connectivity index (χ1v) is 6.97. The number of ether oxygens (including phenoxy) is 1. The summed E-state index contributed by atoms with van der Waals surface area (Å²) in [6.45, 7) is 0. The molecule has 0 saturated heterocycles. The third kappa shape index (κ3) is 2.96. The number of hydrogen-bond donors (Lipinski definition) is 0. The summed E-state index contributed by atoms with van der Waals surface area (Å²) in [5.41, 5.74) is 1.27. The molecule has 90 valence electrons. The molecule has 1 aromatic carbocycles. The smallest absolute Gasteiger partial charge is 0.119 e. The van der Waals surface area contributed by atoms with E-state index in [2.05, 4.69) is 42.6 Å². The minimum absolute atomic E-state index is 0.901. The van der Waals surface area contributed by atoms with Crippen molar-refractivity contribution in [2.75, 3.05) is 26.1 Å². The molecule has 0 aliphatic heterocycles. The predicted molar refractivity (Wildman–Crippen MR) is 75.8 cm³/mol. The Balaban J connectivity index is 2.22. The summed E-state index contributed by atoms with van der Waals surface area (Å²) in [5.74, 6) is 0.901. The third-order valence-electron chi connectivity index (χ3n) is 2.34. The molecule has 0 saturated carbocycles. The van der Waals surface area contributed by atoms with Crippen LogP contribution in [0.15, 0.2) is 44.8 Å². The van der Waals surface area contributed by atoms with E-state index in [0.717, 1.165) is 5.75 Å². The minimum atomic E-state index is 0.901. The maximum absolute atomic E-state index is 5.23. The van der Waals surface area contributed by atoms with Gasteiger partial charge in [-0.1, -0.05) is 17.8 Å². The van der Waals surface area contributed by atoms with Crippen LogP contribution in [0.5, 0.6) is 5.75 Å². The summed E-state index contributed by atoms with van der Waals surface area (Å²) < 4.78 is 6.54. The van der Waals surface area contributed by atoms with E-state index in [1.165, 1.54) is 14.8 Å². The van der Waals surface area contributed by atoms with Gasteiger partial charge in [0.1, 0.15) is 5.75 Å². The summed E-state index contributed by atoms with van der Waals surface area (Å²) in [6.07, 6.45) is 0. The Hall–Kier alpha value is -1.13. The minimum Gasteiger partial charge on any atom is -0.497 e. The highest BCUT2D eigenvalue weighted by molar-refractivity contribution is 8.01. The predicted octanol–water partition coefficient (Wildman–Crippen LogP) is 3.97. The number of anilines is 1. The maximum Gasteiger partial charge on any atom is 0.119 e. The third-order valence-corrected chi connectivity index (χ3v) is 4.46. The molecule has 0 aliphatic rings. The van der Waals surface area contributed by atoms with Crippen LogP contribution in [0.3, 0.4) is 0 Å². The highest BCUT2D eigenvalue weighted by atomic mass is 32.2. The van der Waals surface area contributed by atoms with E-state index in [0.29, 0.717) is 0 Å². The van der Waals surface area contributed by atoms with Gasteiger partial charge in [0, 0.05) is 19.0 Å². The van der Waals surface area contributed by atoms with Crippen LogP contribution in [-0.2, 0) is 0 Å². The average molecular weight is 265 g/mol. The van der Waals surface area contributed by atoms with Crippen LogP contribution in [0.4, 0.5) is 5.69 Å². The molecule has 2 rings (SSSR count). The van der Waals surface area contributed by atoms with Crippen LogP contribution in [0.1, 0.15) is 0 Å². The van der Waals surface area contributed by atoms with E-state index in [1.807, 2.05) is 12.1 Å². The molecule has 1 aromatic heterocycles. The normalized spacial score (nSPS) is 10.3. The SMILES string of the molecule is COc1cccc(Sc2sccc2N(C)C)c1. The number of thiophene rings is 1. The second-order valence-corrected chi connectivity index (χ2v) is 6.03. The Labute approximate surface area is 110 Å². The molecule has 0 bridgehead atoms. The van der Waals surface area contributed by atoms with Crippen molar-refractivity contribution < 1.29 is 4.74 Å². The van der Waals surface area contributed by atoms with Crippen molar-refractivity contribution in [2.24, 2.45) is 0 Å². The molecular formula is C13H15NOS2. The van der Waals surface area contributed by atoms with Crippen LogP contribution in [0.25, 0.3) is 0 Å². The number of methoxy groups -OCH3 is 1. The highest BCUT2D eigenvalue weighted by Gasteiger charge is 2.08. The fourth-order valence-corrected chi connectivity index (χ4v) is 3.70. The number of hydrogen-bond acceptors (Lipinski definition) is 4. The topological polar surface area (TPSA) is 12.5 Å². The van der Waals surface area contributed by atoms with Crippen LogP contribution < -0.4 is 9.64 Å². The summed E-state index contributed by atoms with van der Waals surface area (Å²) in [6, 6.07) is 10.3. The van der Waals surface area contributed by atoms with E-state index in [4.69, 9.17) is 4.74 Å². The molecule has 0 amide bonds. The molecule has 1 heterocycles. The van der Waals surface area contributed by atoms with Crippen molar-refractivity contribution >= 4 is 28.8 Å². The van der Waals surface area contributed by atoms with Gasteiger partial charge in [0.15, 0.2) is 0 Å². The molecule has 0 atom stereocenters. The van der Waals surface area contributed by atoms with Crippen molar-refractivity contribution in [3.63, 3.8) is 0 Å². The molecule has 0 fully saturated rings. The van der Waals surface area contributed by atoms with Gasteiger partial charge in [0.2, 0.25) is 0 Å². The van der Waals surface area contributed by atoms with E-state index in [-0.39, 0.29) is 0 Å². The first kappa shape index (κ1) is 12.3. The van der Waals surface area contributed by atoms with Gasteiger partial charge in [-0.25, -0.2) is 0 Å². The van der Waals surface area contributed by atoms with Crippen LogP contribution >= 0.6 is 23.1 Å². The Kier molecular flexibility index (Phi) is 3.97. The maximum atomic E-state index is 5.23. The van der Waals surface area contributed by atoms with Crippen molar-refractivity contribution in [1.29, 1.82) is 0 Å². The molecule has 0 aliphatic carbocycles. The van der Waals surface area contributed by atoms with Crippen LogP contribution in [0, 0.1) is 0 Å². The van der Waals surface area contributed by atoms with Gasteiger partial charge in [-0.2, -0.15) is 0 Å². The standard InChI is InChI=1S/C13H15NOS2/c1-14(2)12-7-8-16-13(12)17-11-6-4-5-10(9-11)15-3/h4-9H,1-3H3. The Morgan fingerprint density at radius 1 is 1.24 bits per heavy atom. The highest BCUT2D eigenvalue weighted by Crippen LogP contribution is 2.39. The fourth-order valence-electron chi connectivity index (χ4n) is 1.47. The molecule has 4 heteroatoms. The Morgan fingerprint density at radius 3 is 2.76 bits per heavy atom. The molecule has 17 heavy (non-hydrogen) atoms. The Bertz CT molecular complexity index is 494. The summed E-state index contributed by atoms with van der Waals surface area (Å²) in [7, 11) is 5.83. The summed E-state index contributed by atoms with van der Waals surface area (Å²) in [5, 5.41) is 2.12. The summed E-state index contributed by atoms with van der Waals surface area (Å²) in [4.78, 5) is 3.34. The van der Waals surface area contributed by atoms with Gasteiger partial charge in [0.05, 0.1) is 17.0 Å². The zero-order valence-electron chi connectivity index (χ0n) is 10.1. The first-order valence-electron chi connectivity index (χ1n) is 5.27. The van der Waals surface area contributed by atoms with E-state index in [9.17, 15) is 0 Å². The molecule has 2 nitrogen and oxygen atoms in total. The second-order valence-electron chi connectivity index (χ2n) is 3.77. The number of benzene rings is 1. The van der Waals surface area contributed by atoms with Gasteiger partial charge in [0.25, 0.3) is 0 Å². The van der Waals surface area contributed by atoms with Gasteiger partial charge < -0.3 is 9.64 Å². The number of rotatable bonds is 4. The van der Waals surface area contributed by atoms with Gasteiger partial charge in [-0.3, -0.25) is 0 Å². The molecule has 0 radical (unpaired) electrons. The first-order chi connectivity index (χ1) is 8.20. The van der Waals surface area contributed by atoms with Crippen LogP contribution in [0.2, 0.25) is 0 Å². The molecule has 0 unspecified atom stereocenters. The van der Waals surface area contributed by atoms with Crippen molar-refractivity contribution in [3.05, 3.63) is 35.7 Å². The molecular weight excluding hydrogens is 250 g/mol. The van der Waals surface area contributed by atoms with Gasteiger partial charge >= 0.3 is 0 Å². The van der Waals surface area contributed by atoms with Crippen molar-refractivity contribution in [3.8, 4) is 5.75 Å². The lowest BCUT2D eigenvalue weighted by Crippen LogP contribution is -2.07. The fraction of sp³-hybridized carbons (Fsp3) is 0.231. The zero-order valence-corrected chi connectivity index (χ0v) is 11.8. The monoisotopic (exact) mass is 265 g/mol. The van der Waals surface area contributed by atoms with Crippen molar-refractivity contribution in [1.82, 2.24) is 0 Å².